The minimum Gasteiger partial charge on any atom is -0.425 e. The van der Waals surface area contributed by atoms with Crippen molar-refractivity contribution in [2.45, 2.75) is 17.4 Å². The average molecular weight is 424 g/mol. The largest absolute Gasteiger partial charge is 0.425 e. The molecule has 3 aromatic carbocycles. The molecule has 0 spiro atoms. The summed E-state index contributed by atoms with van der Waals surface area (Å²) in [6.07, 6.45) is -0.00863. The third-order valence-corrected chi connectivity index (χ3v) is 5.68. The zero-order valence-corrected chi connectivity index (χ0v) is 16.5. The van der Waals surface area contributed by atoms with E-state index in [1.165, 1.54) is 30.3 Å². The Bertz CT molecular complexity index is 1190. The van der Waals surface area contributed by atoms with Crippen LogP contribution in [0.2, 0.25) is 0 Å². The first-order valence-electron chi connectivity index (χ1n) is 8.92. The fourth-order valence-electron chi connectivity index (χ4n) is 2.75. The van der Waals surface area contributed by atoms with Gasteiger partial charge >= 0.3 is 5.97 Å². The maximum absolute atomic E-state index is 14.0. The molecule has 152 valence electrons. The Labute approximate surface area is 173 Å². The van der Waals surface area contributed by atoms with Crippen LogP contribution in [0.3, 0.4) is 0 Å². The van der Waals surface area contributed by atoms with E-state index in [1.807, 2.05) is 6.07 Å². The molecule has 1 atom stereocenters. The molecule has 0 radical (unpaired) electrons. The van der Waals surface area contributed by atoms with Gasteiger partial charge in [0.2, 0.25) is 10.0 Å². The molecule has 8 heteroatoms. The number of sulfonamides is 1. The van der Waals surface area contributed by atoms with E-state index in [9.17, 15) is 17.6 Å². The third kappa shape index (κ3) is 5.29. The van der Waals surface area contributed by atoms with Gasteiger partial charge in [0.25, 0.3) is 0 Å². The SMILES string of the molecule is N#Cc1cccc(OC(=O)[C@H](Cc2ccccc2)NS(=O)(=O)c2ccccc2F)c1. The normalized spacial score (nSPS) is 12.0. The first-order valence-corrected chi connectivity index (χ1v) is 10.4. The van der Waals surface area contributed by atoms with Crippen LogP contribution in [0.1, 0.15) is 11.1 Å². The molecule has 0 heterocycles. The van der Waals surface area contributed by atoms with E-state index in [0.29, 0.717) is 5.56 Å². The molecule has 0 saturated carbocycles. The minimum atomic E-state index is -4.34. The second-order valence-corrected chi connectivity index (χ2v) is 8.04. The summed E-state index contributed by atoms with van der Waals surface area (Å²) in [4.78, 5) is 12.2. The number of benzene rings is 3. The highest BCUT2D eigenvalue weighted by molar-refractivity contribution is 7.89. The summed E-state index contributed by atoms with van der Waals surface area (Å²) in [6.45, 7) is 0. The summed E-state index contributed by atoms with van der Waals surface area (Å²) in [7, 11) is -4.34. The van der Waals surface area contributed by atoms with Gasteiger partial charge in [-0.05, 0) is 42.3 Å². The first kappa shape index (κ1) is 21.2. The van der Waals surface area contributed by atoms with E-state index in [1.54, 1.807) is 36.4 Å². The number of hydrogen-bond donors (Lipinski definition) is 1. The lowest BCUT2D eigenvalue weighted by atomic mass is 10.1. The zero-order chi connectivity index (χ0) is 21.6. The number of carbonyl (C=O) groups is 1. The van der Waals surface area contributed by atoms with Gasteiger partial charge in [-0.25, -0.2) is 17.6 Å². The van der Waals surface area contributed by atoms with Crippen LogP contribution in [0.25, 0.3) is 0 Å². The highest BCUT2D eigenvalue weighted by atomic mass is 32.2. The van der Waals surface area contributed by atoms with Crippen molar-refractivity contribution in [3.63, 3.8) is 0 Å². The number of carbonyl (C=O) groups excluding carboxylic acids is 1. The standard InChI is InChI=1S/C22H17FN2O4S/c23-19-11-4-5-12-21(19)30(27,28)25-20(14-16-7-2-1-3-8-16)22(26)29-18-10-6-9-17(13-18)15-24/h1-13,20,25H,14H2/t20-/m0/s1. The van der Waals surface area contributed by atoms with Gasteiger partial charge in [0.05, 0.1) is 11.6 Å². The van der Waals surface area contributed by atoms with Crippen molar-refractivity contribution in [1.29, 1.82) is 5.26 Å². The highest BCUT2D eigenvalue weighted by Gasteiger charge is 2.29. The van der Waals surface area contributed by atoms with Crippen molar-refractivity contribution < 1.29 is 22.3 Å². The van der Waals surface area contributed by atoms with Gasteiger partial charge in [-0.15, -0.1) is 0 Å². The molecule has 3 aromatic rings. The summed E-state index contributed by atoms with van der Waals surface area (Å²) in [6, 6.07) is 20.2. The fraction of sp³-hybridized carbons (Fsp3) is 0.0909. The topological polar surface area (TPSA) is 96.3 Å². The Hall–Kier alpha value is -3.54. The smallest absolute Gasteiger partial charge is 0.329 e. The summed E-state index contributed by atoms with van der Waals surface area (Å²) in [5, 5.41) is 8.99. The van der Waals surface area contributed by atoms with E-state index in [4.69, 9.17) is 10.00 Å². The van der Waals surface area contributed by atoms with Crippen LogP contribution in [0.15, 0.2) is 83.8 Å². The van der Waals surface area contributed by atoms with Gasteiger partial charge in [0.1, 0.15) is 22.5 Å². The number of nitriles is 1. The molecule has 30 heavy (non-hydrogen) atoms. The molecule has 0 aromatic heterocycles. The van der Waals surface area contributed by atoms with Crippen molar-refractivity contribution in [3.8, 4) is 11.8 Å². The Morgan fingerprint density at radius 2 is 1.73 bits per heavy atom. The quantitative estimate of drug-likeness (QED) is 0.464. The predicted molar refractivity (Wildman–Crippen MR) is 107 cm³/mol. The maximum Gasteiger partial charge on any atom is 0.329 e. The number of esters is 1. The highest BCUT2D eigenvalue weighted by Crippen LogP contribution is 2.17. The van der Waals surface area contributed by atoms with Gasteiger partial charge in [-0.2, -0.15) is 9.98 Å². The van der Waals surface area contributed by atoms with E-state index in [2.05, 4.69) is 4.72 Å². The maximum atomic E-state index is 14.0. The summed E-state index contributed by atoms with van der Waals surface area (Å²) in [5.41, 5.74) is 0.966. The van der Waals surface area contributed by atoms with Crippen molar-refractivity contribution >= 4 is 16.0 Å². The van der Waals surface area contributed by atoms with E-state index < -0.39 is 32.7 Å². The molecule has 0 aliphatic rings. The molecule has 0 aliphatic heterocycles. The van der Waals surface area contributed by atoms with Gasteiger partial charge in [0.15, 0.2) is 0 Å². The molecule has 1 N–H and O–H groups in total. The van der Waals surface area contributed by atoms with Crippen LogP contribution in [0.4, 0.5) is 4.39 Å². The van der Waals surface area contributed by atoms with Gasteiger partial charge in [0, 0.05) is 0 Å². The molecule has 0 amide bonds. The Kier molecular flexibility index (Phi) is 6.57. The molecule has 0 saturated heterocycles. The van der Waals surface area contributed by atoms with Crippen molar-refractivity contribution in [2.75, 3.05) is 0 Å². The molecular weight excluding hydrogens is 407 g/mol. The number of nitrogens with one attached hydrogen (secondary N) is 1. The number of nitrogens with zero attached hydrogens (tertiary/aromatic N) is 1. The lowest BCUT2D eigenvalue weighted by Gasteiger charge is -2.18. The van der Waals surface area contributed by atoms with Crippen LogP contribution in [0.5, 0.6) is 5.75 Å². The Morgan fingerprint density at radius 3 is 2.43 bits per heavy atom. The Morgan fingerprint density at radius 1 is 1.03 bits per heavy atom. The van der Waals surface area contributed by atoms with Crippen LogP contribution < -0.4 is 9.46 Å². The molecule has 0 unspecified atom stereocenters. The van der Waals surface area contributed by atoms with Crippen LogP contribution in [-0.4, -0.2) is 20.4 Å². The third-order valence-electron chi connectivity index (χ3n) is 4.17. The molecule has 0 fully saturated rings. The van der Waals surface area contributed by atoms with Crippen LogP contribution in [-0.2, 0) is 21.2 Å². The Balaban J connectivity index is 1.89. The molecule has 3 rings (SSSR count). The lowest BCUT2D eigenvalue weighted by Crippen LogP contribution is -2.44. The second kappa shape index (κ2) is 9.31. The summed E-state index contributed by atoms with van der Waals surface area (Å²) < 4.78 is 47.0. The second-order valence-electron chi connectivity index (χ2n) is 6.35. The van der Waals surface area contributed by atoms with Crippen LogP contribution >= 0.6 is 0 Å². The molecular formula is C22H17FN2O4S. The summed E-state index contributed by atoms with van der Waals surface area (Å²) >= 11 is 0. The van der Waals surface area contributed by atoms with Crippen molar-refractivity contribution in [3.05, 3.63) is 95.8 Å². The number of halogens is 1. The van der Waals surface area contributed by atoms with Gasteiger partial charge in [-0.1, -0.05) is 48.5 Å². The lowest BCUT2D eigenvalue weighted by molar-refractivity contribution is -0.136. The first-order chi connectivity index (χ1) is 14.4. The van der Waals surface area contributed by atoms with Gasteiger partial charge < -0.3 is 4.74 Å². The molecule has 0 aliphatic carbocycles. The van der Waals surface area contributed by atoms with Crippen molar-refractivity contribution in [2.24, 2.45) is 0 Å². The number of rotatable bonds is 7. The van der Waals surface area contributed by atoms with Crippen molar-refractivity contribution in [1.82, 2.24) is 4.72 Å². The van der Waals surface area contributed by atoms with E-state index >= 15 is 0 Å². The fourth-order valence-corrected chi connectivity index (χ4v) is 4.02. The minimum absolute atomic E-state index is 0.00863. The van der Waals surface area contributed by atoms with Gasteiger partial charge in [-0.3, -0.25) is 0 Å². The number of ether oxygens (including phenoxy) is 1. The monoisotopic (exact) mass is 424 g/mol. The van der Waals surface area contributed by atoms with E-state index in [-0.39, 0.29) is 17.7 Å². The predicted octanol–water partition coefficient (Wildman–Crippen LogP) is 3.19. The van der Waals surface area contributed by atoms with Crippen LogP contribution in [0, 0.1) is 17.1 Å². The number of hydrogen-bond acceptors (Lipinski definition) is 5. The average Bonchev–Trinajstić information content (AvgIpc) is 2.74. The molecule has 6 nitrogen and oxygen atoms in total. The summed E-state index contributed by atoms with van der Waals surface area (Å²) in [5.74, 6) is -1.71. The van der Waals surface area contributed by atoms with E-state index in [0.717, 1.165) is 12.1 Å². The molecule has 0 bridgehead atoms. The zero-order valence-electron chi connectivity index (χ0n) is 15.7.